The van der Waals surface area contributed by atoms with Gasteiger partial charge in [0.25, 0.3) is 0 Å². The predicted molar refractivity (Wildman–Crippen MR) is 80.2 cm³/mol. The van der Waals surface area contributed by atoms with Crippen LogP contribution in [0, 0.1) is 0 Å². The van der Waals surface area contributed by atoms with Crippen molar-refractivity contribution < 1.29 is 9.94 Å². The van der Waals surface area contributed by atoms with Gasteiger partial charge in [-0.25, -0.2) is 0 Å². The highest BCUT2D eigenvalue weighted by molar-refractivity contribution is 7.98. The summed E-state index contributed by atoms with van der Waals surface area (Å²) in [5.41, 5.74) is 7.32. The lowest BCUT2D eigenvalue weighted by molar-refractivity contribution is 0.318. The van der Waals surface area contributed by atoms with Crippen molar-refractivity contribution in [1.82, 2.24) is 4.90 Å². The molecule has 0 fully saturated rings. The lowest BCUT2D eigenvalue weighted by atomic mass is 10.1. The minimum Gasteiger partial charge on any atom is -0.496 e. The fourth-order valence-electron chi connectivity index (χ4n) is 1.74. The van der Waals surface area contributed by atoms with Gasteiger partial charge in [0.15, 0.2) is 5.84 Å². The second-order valence-corrected chi connectivity index (χ2v) is 5.23. The van der Waals surface area contributed by atoms with Crippen molar-refractivity contribution >= 4 is 17.6 Å². The number of ether oxygens (including phenoxy) is 1. The van der Waals surface area contributed by atoms with Gasteiger partial charge in [-0.3, -0.25) is 0 Å². The topological polar surface area (TPSA) is 71.1 Å². The van der Waals surface area contributed by atoms with Gasteiger partial charge in [0.2, 0.25) is 0 Å². The first-order chi connectivity index (χ1) is 9.12. The molecule has 0 heterocycles. The number of methoxy groups -OCH3 is 1. The summed E-state index contributed by atoms with van der Waals surface area (Å²) in [6.07, 6.45) is 2.09. The van der Waals surface area contributed by atoms with Gasteiger partial charge in [-0.15, -0.1) is 0 Å². The number of nitrogens with zero attached hydrogens (tertiary/aromatic N) is 2. The summed E-state index contributed by atoms with van der Waals surface area (Å²) < 4.78 is 5.34. The second kappa shape index (κ2) is 7.91. The third-order valence-corrected chi connectivity index (χ3v) is 3.39. The molecule has 0 unspecified atom stereocenters. The van der Waals surface area contributed by atoms with Crippen LogP contribution in [0.4, 0.5) is 0 Å². The number of nitrogens with two attached hydrogens (primary N) is 1. The fraction of sp³-hybridized carbons (Fsp3) is 0.462. The van der Waals surface area contributed by atoms with E-state index in [0.717, 1.165) is 30.2 Å². The molecule has 0 aromatic heterocycles. The van der Waals surface area contributed by atoms with E-state index in [1.54, 1.807) is 13.2 Å². The van der Waals surface area contributed by atoms with Crippen molar-refractivity contribution in [2.75, 3.05) is 32.7 Å². The smallest absolute Gasteiger partial charge is 0.170 e. The van der Waals surface area contributed by atoms with E-state index in [4.69, 9.17) is 15.7 Å². The first-order valence-electron chi connectivity index (χ1n) is 5.94. The summed E-state index contributed by atoms with van der Waals surface area (Å²) in [6.45, 7) is 1.76. The number of benzene rings is 1. The van der Waals surface area contributed by atoms with Gasteiger partial charge >= 0.3 is 0 Å². The van der Waals surface area contributed by atoms with Crippen molar-refractivity contribution in [1.29, 1.82) is 0 Å². The molecule has 0 aliphatic rings. The molecular weight excluding hydrogens is 262 g/mol. The van der Waals surface area contributed by atoms with Crippen LogP contribution in [-0.4, -0.2) is 48.7 Å². The van der Waals surface area contributed by atoms with E-state index < -0.39 is 0 Å². The molecule has 19 heavy (non-hydrogen) atoms. The highest BCUT2D eigenvalue weighted by Gasteiger charge is 2.09. The fourth-order valence-corrected chi connectivity index (χ4v) is 2.23. The molecule has 106 valence electrons. The first-order valence-corrected chi connectivity index (χ1v) is 7.34. The Balaban J connectivity index is 2.90. The normalized spacial score (nSPS) is 11.9. The van der Waals surface area contributed by atoms with Crippen molar-refractivity contribution in [2.24, 2.45) is 10.9 Å². The van der Waals surface area contributed by atoms with Gasteiger partial charge < -0.3 is 20.6 Å². The monoisotopic (exact) mass is 283 g/mol. The number of amidine groups is 1. The molecule has 0 amide bonds. The Morgan fingerprint density at radius 1 is 1.53 bits per heavy atom. The maximum absolute atomic E-state index is 8.72. The van der Waals surface area contributed by atoms with E-state index in [0.29, 0.717) is 5.56 Å². The van der Waals surface area contributed by atoms with Crippen molar-refractivity contribution in [3.63, 3.8) is 0 Å². The average Bonchev–Trinajstić information content (AvgIpc) is 2.44. The molecule has 0 spiro atoms. The lowest BCUT2D eigenvalue weighted by Crippen LogP contribution is -2.21. The van der Waals surface area contributed by atoms with Crippen LogP contribution in [0.3, 0.4) is 0 Å². The molecule has 1 aromatic rings. The molecule has 6 heteroatoms. The largest absolute Gasteiger partial charge is 0.496 e. The molecule has 0 bridgehead atoms. The summed E-state index contributed by atoms with van der Waals surface area (Å²) in [5.74, 6) is 2.00. The molecular formula is C13H21N3O2S. The number of oxime groups is 1. The third-order valence-electron chi connectivity index (χ3n) is 2.80. The second-order valence-electron chi connectivity index (χ2n) is 4.24. The van der Waals surface area contributed by atoms with Crippen LogP contribution in [0.5, 0.6) is 5.75 Å². The van der Waals surface area contributed by atoms with E-state index in [2.05, 4.69) is 23.4 Å². The molecule has 1 rings (SSSR count). The molecule has 1 aromatic carbocycles. The van der Waals surface area contributed by atoms with Crippen LogP contribution in [0.1, 0.15) is 11.1 Å². The zero-order chi connectivity index (χ0) is 14.3. The Hall–Kier alpha value is -1.40. The summed E-state index contributed by atoms with van der Waals surface area (Å²) in [4.78, 5) is 2.21. The van der Waals surface area contributed by atoms with Crippen LogP contribution >= 0.6 is 11.8 Å². The Labute approximate surface area is 118 Å². The minimum atomic E-state index is 0.107. The zero-order valence-electron chi connectivity index (χ0n) is 11.6. The van der Waals surface area contributed by atoms with Crippen molar-refractivity contribution in [2.45, 2.75) is 6.54 Å². The number of hydrogen-bond acceptors (Lipinski definition) is 5. The molecule has 0 aliphatic carbocycles. The van der Waals surface area contributed by atoms with Gasteiger partial charge in [0.05, 0.1) is 7.11 Å². The Morgan fingerprint density at radius 3 is 2.84 bits per heavy atom. The van der Waals surface area contributed by atoms with Crippen molar-refractivity contribution in [3.8, 4) is 5.75 Å². The maximum Gasteiger partial charge on any atom is 0.170 e. The third kappa shape index (κ3) is 4.65. The number of thioether (sulfide) groups is 1. The standard InChI is InChI=1S/C13H21N3O2S/c1-16(6-7-19-3)9-11-8-10(13(14)15-17)4-5-12(11)18-2/h4-5,8,17H,6-7,9H2,1-3H3,(H2,14,15). The van der Waals surface area contributed by atoms with Crippen LogP contribution in [0.25, 0.3) is 0 Å². The van der Waals surface area contributed by atoms with E-state index in [-0.39, 0.29) is 5.84 Å². The molecule has 0 aliphatic heterocycles. The van der Waals surface area contributed by atoms with Gasteiger partial charge in [-0.2, -0.15) is 11.8 Å². The number of hydrogen-bond donors (Lipinski definition) is 2. The summed E-state index contributed by atoms with van der Waals surface area (Å²) in [7, 11) is 3.70. The van der Waals surface area contributed by atoms with Crippen molar-refractivity contribution in [3.05, 3.63) is 29.3 Å². The van der Waals surface area contributed by atoms with E-state index in [9.17, 15) is 0 Å². The quantitative estimate of drug-likeness (QED) is 0.344. The number of rotatable bonds is 7. The highest BCUT2D eigenvalue weighted by Crippen LogP contribution is 2.21. The minimum absolute atomic E-state index is 0.107. The SMILES string of the molecule is COc1ccc(/C(N)=N/O)cc1CN(C)CCSC. The van der Waals surface area contributed by atoms with E-state index in [1.807, 2.05) is 23.9 Å². The van der Waals surface area contributed by atoms with E-state index in [1.165, 1.54) is 0 Å². The summed E-state index contributed by atoms with van der Waals surface area (Å²) >= 11 is 1.82. The summed E-state index contributed by atoms with van der Waals surface area (Å²) in [6, 6.07) is 5.51. The lowest BCUT2D eigenvalue weighted by Gasteiger charge is -2.18. The van der Waals surface area contributed by atoms with Gasteiger partial charge in [0, 0.05) is 30.0 Å². The van der Waals surface area contributed by atoms with Crippen LogP contribution in [0.2, 0.25) is 0 Å². The van der Waals surface area contributed by atoms with Crippen LogP contribution in [-0.2, 0) is 6.54 Å². The molecule has 0 radical (unpaired) electrons. The van der Waals surface area contributed by atoms with Crippen LogP contribution < -0.4 is 10.5 Å². The highest BCUT2D eigenvalue weighted by atomic mass is 32.2. The molecule has 3 N–H and O–H groups in total. The average molecular weight is 283 g/mol. The Kier molecular flexibility index (Phi) is 6.52. The molecule has 5 nitrogen and oxygen atoms in total. The zero-order valence-corrected chi connectivity index (χ0v) is 12.4. The predicted octanol–water partition coefficient (Wildman–Crippen LogP) is 1.58. The summed E-state index contributed by atoms with van der Waals surface area (Å²) in [5, 5.41) is 11.7. The molecule has 0 atom stereocenters. The van der Waals surface area contributed by atoms with E-state index >= 15 is 0 Å². The van der Waals surface area contributed by atoms with Gasteiger partial charge in [0.1, 0.15) is 5.75 Å². The van der Waals surface area contributed by atoms with Crippen LogP contribution in [0.15, 0.2) is 23.4 Å². The van der Waals surface area contributed by atoms with Gasteiger partial charge in [-0.1, -0.05) is 5.16 Å². The Bertz CT molecular complexity index is 438. The van der Waals surface area contributed by atoms with Gasteiger partial charge in [-0.05, 0) is 31.5 Å². The Morgan fingerprint density at radius 2 is 2.26 bits per heavy atom. The molecule has 0 saturated carbocycles. The first kappa shape index (κ1) is 15.7. The molecule has 0 saturated heterocycles. The maximum atomic E-state index is 8.72.